The average molecular weight is 251 g/mol. The second-order valence-electron chi connectivity index (χ2n) is 2.40. The molecule has 0 saturated carbocycles. The van der Waals surface area contributed by atoms with E-state index in [0.717, 1.165) is 6.08 Å². The highest BCUT2D eigenvalue weighted by Gasteiger charge is 2.31. The van der Waals surface area contributed by atoms with Crippen LogP contribution in [-0.4, -0.2) is 6.18 Å². The van der Waals surface area contributed by atoms with E-state index in [1.807, 2.05) is 0 Å². The summed E-state index contributed by atoms with van der Waals surface area (Å²) in [6, 6.07) is 8.32. The molecule has 13 heavy (non-hydrogen) atoms. The number of allylic oxidation sites excluding steroid dienone is 1. The molecule has 0 fully saturated rings. The summed E-state index contributed by atoms with van der Waals surface area (Å²) in [7, 11) is 0. The molecule has 0 nitrogen and oxygen atoms in total. The summed E-state index contributed by atoms with van der Waals surface area (Å²) in [4.78, 5) is 0. The Labute approximate surface area is 82.2 Å². The largest absolute Gasteiger partial charge is 0.422 e. The van der Waals surface area contributed by atoms with Gasteiger partial charge >= 0.3 is 6.18 Å². The van der Waals surface area contributed by atoms with Gasteiger partial charge in [0.1, 0.15) is 0 Å². The Morgan fingerprint density at radius 2 is 1.69 bits per heavy atom. The van der Waals surface area contributed by atoms with Crippen LogP contribution in [0.5, 0.6) is 0 Å². The van der Waals surface area contributed by atoms with Gasteiger partial charge in [0.25, 0.3) is 0 Å². The molecule has 0 heterocycles. The summed E-state index contributed by atoms with van der Waals surface area (Å²) in [6.45, 7) is 0. The fourth-order valence-corrected chi connectivity index (χ4v) is 1.04. The smallest absolute Gasteiger partial charge is 0.166 e. The Morgan fingerprint density at radius 1 is 1.15 bits per heavy atom. The van der Waals surface area contributed by atoms with Crippen LogP contribution in [0.2, 0.25) is 0 Å². The minimum atomic E-state index is -4.31. The van der Waals surface area contributed by atoms with Gasteiger partial charge in [-0.1, -0.05) is 30.3 Å². The SMILES string of the molecule is FC(F)(F)C(Br)=Cc1ccccc1. The van der Waals surface area contributed by atoms with Crippen molar-refractivity contribution in [1.82, 2.24) is 0 Å². The fourth-order valence-electron chi connectivity index (χ4n) is 0.777. The third kappa shape index (κ3) is 3.22. The van der Waals surface area contributed by atoms with Crippen molar-refractivity contribution >= 4 is 22.0 Å². The maximum atomic E-state index is 12.0. The first kappa shape index (κ1) is 10.3. The zero-order valence-corrected chi connectivity index (χ0v) is 8.06. The van der Waals surface area contributed by atoms with Crippen LogP contribution >= 0.6 is 15.9 Å². The predicted molar refractivity (Wildman–Crippen MR) is 49.4 cm³/mol. The molecule has 1 rings (SSSR count). The number of benzene rings is 1. The highest BCUT2D eigenvalue weighted by atomic mass is 79.9. The van der Waals surface area contributed by atoms with E-state index in [9.17, 15) is 13.2 Å². The molecule has 4 heteroatoms. The predicted octanol–water partition coefficient (Wildman–Crippen LogP) is 3.98. The van der Waals surface area contributed by atoms with Crippen LogP contribution in [0.25, 0.3) is 6.08 Å². The van der Waals surface area contributed by atoms with Gasteiger partial charge in [0, 0.05) is 0 Å². The fraction of sp³-hybridized carbons (Fsp3) is 0.111. The molecule has 0 aliphatic carbocycles. The molecule has 0 N–H and O–H groups in total. The van der Waals surface area contributed by atoms with E-state index < -0.39 is 10.7 Å². The van der Waals surface area contributed by atoms with Gasteiger partial charge in [-0.15, -0.1) is 0 Å². The maximum Gasteiger partial charge on any atom is 0.422 e. The van der Waals surface area contributed by atoms with Gasteiger partial charge < -0.3 is 0 Å². The Kier molecular flexibility index (Phi) is 3.14. The summed E-state index contributed by atoms with van der Waals surface area (Å²) in [5, 5.41) is 0. The number of halogens is 4. The minimum Gasteiger partial charge on any atom is -0.166 e. The summed E-state index contributed by atoms with van der Waals surface area (Å²) in [5.74, 6) is 0. The Hall–Kier alpha value is -0.770. The molecular formula is C9H6BrF3. The third-order valence-electron chi connectivity index (χ3n) is 1.36. The molecule has 0 amide bonds. The first-order chi connectivity index (χ1) is 6.00. The first-order valence-corrected chi connectivity index (χ1v) is 4.29. The van der Waals surface area contributed by atoms with Crippen molar-refractivity contribution < 1.29 is 13.2 Å². The van der Waals surface area contributed by atoms with Crippen molar-refractivity contribution in [1.29, 1.82) is 0 Å². The number of hydrogen-bond acceptors (Lipinski definition) is 0. The molecule has 0 spiro atoms. The van der Waals surface area contributed by atoms with Crippen molar-refractivity contribution in [2.45, 2.75) is 6.18 Å². The molecule has 70 valence electrons. The summed E-state index contributed by atoms with van der Waals surface area (Å²) in [6.07, 6.45) is -3.27. The number of rotatable bonds is 1. The van der Waals surface area contributed by atoms with E-state index in [1.54, 1.807) is 30.3 Å². The average Bonchev–Trinajstić information content (AvgIpc) is 2.04. The highest BCUT2D eigenvalue weighted by Crippen LogP contribution is 2.31. The van der Waals surface area contributed by atoms with Gasteiger partial charge in [-0.05, 0) is 27.6 Å². The van der Waals surface area contributed by atoms with Crippen LogP contribution in [0, 0.1) is 0 Å². The second-order valence-corrected chi connectivity index (χ2v) is 3.26. The van der Waals surface area contributed by atoms with E-state index >= 15 is 0 Å². The molecule has 0 unspecified atom stereocenters. The number of alkyl halides is 3. The Balaban J connectivity index is 2.90. The lowest BCUT2D eigenvalue weighted by Gasteiger charge is -2.03. The molecule has 0 bridgehead atoms. The van der Waals surface area contributed by atoms with Crippen molar-refractivity contribution in [3.05, 3.63) is 40.4 Å². The first-order valence-electron chi connectivity index (χ1n) is 3.49. The Morgan fingerprint density at radius 3 is 2.15 bits per heavy atom. The molecule has 0 aliphatic rings. The van der Waals surface area contributed by atoms with Crippen LogP contribution in [0.15, 0.2) is 34.8 Å². The van der Waals surface area contributed by atoms with Gasteiger partial charge in [0.05, 0.1) is 4.48 Å². The van der Waals surface area contributed by atoms with Crippen molar-refractivity contribution in [3.63, 3.8) is 0 Å². The topological polar surface area (TPSA) is 0 Å². The molecule has 0 atom stereocenters. The zero-order valence-electron chi connectivity index (χ0n) is 6.48. The normalized spacial score (nSPS) is 13.1. The van der Waals surface area contributed by atoms with E-state index in [-0.39, 0.29) is 0 Å². The van der Waals surface area contributed by atoms with Crippen molar-refractivity contribution in [3.8, 4) is 0 Å². The summed E-state index contributed by atoms with van der Waals surface area (Å²) >= 11 is 2.47. The Bertz CT molecular complexity index is 300. The molecular weight excluding hydrogens is 245 g/mol. The molecule has 0 aliphatic heterocycles. The van der Waals surface area contributed by atoms with E-state index in [2.05, 4.69) is 15.9 Å². The van der Waals surface area contributed by atoms with E-state index in [1.165, 1.54) is 0 Å². The lowest BCUT2D eigenvalue weighted by atomic mass is 10.2. The lowest BCUT2D eigenvalue weighted by molar-refractivity contribution is -0.0820. The summed E-state index contributed by atoms with van der Waals surface area (Å²) < 4.78 is 35.3. The van der Waals surface area contributed by atoms with Gasteiger partial charge in [-0.2, -0.15) is 13.2 Å². The van der Waals surface area contributed by atoms with Crippen LogP contribution in [0.4, 0.5) is 13.2 Å². The third-order valence-corrected chi connectivity index (χ3v) is 2.04. The number of hydrogen-bond donors (Lipinski definition) is 0. The maximum absolute atomic E-state index is 12.0. The van der Waals surface area contributed by atoms with Crippen molar-refractivity contribution in [2.75, 3.05) is 0 Å². The lowest BCUT2D eigenvalue weighted by Crippen LogP contribution is -2.06. The van der Waals surface area contributed by atoms with Crippen LogP contribution in [0.1, 0.15) is 5.56 Å². The van der Waals surface area contributed by atoms with E-state index in [4.69, 9.17) is 0 Å². The standard InChI is InChI=1S/C9H6BrF3/c10-8(9(11,12)13)6-7-4-2-1-3-5-7/h1-6H. The highest BCUT2D eigenvalue weighted by molar-refractivity contribution is 9.11. The minimum absolute atomic E-state index is 0.520. The van der Waals surface area contributed by atoms with Crippen LogP contribution < -0.4 is 0 Å². The van der Waals surface area contributed by atoms with Gasteiger partial charge in [0.2, 0.25) is 0 Å². The molecule has 0 aromatic heterocycles. The van der Waals surface area contributed by atoms with E-state index in [0.29, 0.717) is 5.56 Å². The molecule has 0 saturated heterocycles. The van der Waals surface area contributed by atoms with Crippen LogP contribution in [-0.2, 0) is 0 Å². The summed E-state index contributed by atoms with van der Waals surface area (Å²) in [5.41, 5.74) is 0.520. The quantitative estimate of drug-likeness (QED) is 0.708. The molecule has 1 aromatic rings. The van der Waals surface area contributed by atoms with Gasteiger partial charge in [-0.3, -0.25) is 0 Å². The second kappa shape index (κ2) is 3.96. The van der Waals surface area contributed by atoms with Crippen molar-refractivity contribution in [2.24, 2.45) is 0 Å². The van der Waals surface area contributed by atoms with Gasteiger partial charge in [-0.25, -0.2) is 0 Å². The van der Waals surface area contributed by atoms with Crippen LogP contribution in [0.3, 0.4) is 0 Å². The molecule has 0 radical (unpaired) electrons. The van der Waals surface area contributed by atoms with Gasteiger partial charge in [0.15, 0.2) is 0 Å². The monoisotopic (exact) mass is 250 g/mol. The zero-order chi connectivity index (χ0) is 9.90. The molecule has 1 aromatic carbocycles.